The highest BCUT2D eigenvalue weighted by molar-refractivity contribution is 9.10. The Morgan fingerprint density at radius 2 is 1.94 bits per heavy atom. The summed E-state index contributed by atoms with van der Waals surface area (Å²) in [5, 5.41) is 0. The van der Waals surface area contributed by atoms with Crippen LogP contribution in [-0.2, 0) is 10.2 Å². The molecule has 0 heterocycles. The smallest absolute Gasteiger partial charge is 0.270 e. The van der Waals surface area contributed by atoms with Crippen molar-refractivity contribution in [1.82, 2.24) is 4.72 Å². The second kappa shape index (κ2) is 5.16. The minimum absolute atomic E-state index is 0.138. The molecular formula is C10H15BrN2O2S. The van der Waals surface area contributed by atoms with Crippen molar-refractivity contribution in [2.24, 2.45) is 0 Å². The van der Waals surface area contributed by atoms with E-state index >= 15 is 0 Å². The fraction of sp³-hybridized carbons (Fsp3) is 0.400. The molecule has 0 fully saturated rings. The molecule has 1 aromatic carbocycles. The van der Waals surface area contributed by atoms with Gasteiger partial charge in [0.2, 0.25) is 0 Å². The minimum atomic E-state index is -3.50. The van der Waals surface area contributed by atoms with Gasteiger partial charge in [-0.2, -0.15) is 13.1 Å². The summed E-state index contributed by atoms with van der Waals surface area (Å²) in [6.07, 6.45) is 0. The number of anilines is 1. The van der Waals surface area contributed by atoms with Gasteiger partial charge in [-0.15, -0.1) is 0 Å². The van der Waals surface area contributed by atoms with Gasteiger partial charge in [-0.05, 0) is 54.4 Å². The Balaban J connectivity index is 2.92. The van der Waals surface area contributed by atoms with Crippen molar-refractivity contribution in [2.75, 3.05) is 4.72 Å². The van der Waals surface area contributed by atoms with E-state index in [1.54, 1.807) is 19.9 Å². The third-order valence-corrected chi connectivity index (χ3v) is 3.72. The fourth-order valence-corrected chi connectivity index (χ4v) is 2.82. The van der Waals surface area contributed by atoms with Gasteiger partial charge in [0.1, 0.15) is 0 Å². The Kier molecular flexibility index (Phi) is 4.35. The molecule has 4 nitrogen and oxygen atoms in total. The summed E-state index contributed by atoms with van der Waals surface area (Å²) in [6.45, 7) is 5.44. The van der Waals surface area contributed by atoms with Gasteiger partial charge >= 0.3 is 0 Å². The molecule has 0 aliphatic heterocycles. The molecule has 0 aliphatic carbocycles. The van der Waals surface area contributed by atoms with Gasteiger partial charge in [0.05, 0.1) is 5.69 Å². The molecule has 0 atom stereocenters. The molecule has 1 rings (SSSR count). The van der Waals surface area contributed by atoms with Crippen LogP contribution in [0.1, 0.15) is 19.4 Å². The highest BCUT2D eigenvalue weighted by Crippen LogP contribution is 2.23. The zero-order chi connectivity index (χ0) is 12.3. The fourth-order valence-electron chi connectivity index (χ4n) is 1.20. The first-order valence-electron chi connectivity index (χ1n) is 4.86. The normalized spacial score (nSPS) is 11.8. The van der Waals surface area contributed by atoms with Gasteiger partial charge < -0.3 is 0 Å². The van der Waals surface area contributed by atoms with E-state index in [0.29, 0.717) is 10.2 Å². The zero-order valence-corrected chi connectivity index (χ0v) is 11.8. The predicted octanol–water partition coefficient (Wildman–Crippen LogP) is 2.41. The Morgan fingerprint density at radius 3 is 2.50 bits per heavy atom. The van der Waals surface area contributed by atoms with E-state index in [1.807, 2.05) is 19.1 Å². The number of aryl methyl sites for hydroxylation is 1. The molecule has 0 saturated carbocycles. The monoisotopic (exact) mass is 306 g/mol. The summed E-state index contributed by atoms with van der Waals surface area (Å²) in [5.74, 6) is 0. The summed E-state index contributed by atoms with van der Waals surface area (Å²) in [5.41, 5.74) is 1.53. The Morgan fingerprint density at radius 1 is 1.31 bits per heavy atom. The van der Waals surface area contributed by atoms with Crippen LogP contribution in [-0.4, -0.2) is 14.5 Å². The highest BCUT2D eigenvalue weighted by atomic mass is 79.9. The van der Waals surface area contributed by atoms with Crippen molar-refractivity contribution in [1.29, 1.82) is 0 Å². The summed E-state index contributed by atoms with van der Waals surface area (Å²) < 4.78 is 28.9. The molecule has 90 valence electrons. The lowest BCUT2D eigenvalue weighted by molar-refractivity contribution is 0.575. The number of benzene rings is 1. The van der Waals surface area contributed by atoms with E-state index in [2.05, 4.69) is 25.4 Å². The van der Waals surface area contributed by atoms with Crippen LogP contribution in [0.5, 0.6) is 0 Å². The summed E-state index contributed by atoms with van der Waals surface area (Å²) >= 11 is 3.29. The number of rotatable bonds is 4. The molecule has 0 bridgehead atoms. The first-order chi connectivity index (χ1) is 7.30. The molecular weight excluding hydrogens is 292 g/mol. The second-order valence-electron chi connectivity index (χ2n) is 3.86. The van der Waals surface area contributed by atoms with Crippen LogP contribution in [0.4, 0.5) is 5.69 Å². The van der Waals surface area contributed by atoms with E-state index in [0.717, 1.165) is 5.56 Å². The SMILES string of the molecule is Cc1ccc(Br)c(NS(=O)(=O)NC(C)C)c1. The second-order valence-corrected chi connectivity index (χ2v) is 6.16. The van der Waals surface area contributed by atoms with E-state index in [4.69, 9.17) is 0 Å². The third-order valence-electron chi connectivity index (χ3n) is 1.76. The minimum Gasteiger partial charge on any atom is -0.270 e. The molecule has 0 unspecified atom stereocenters. The maximum atomic E-state index is 11.6. The maximum Gasteiger partial charge on any atom is 0.299 e. The van der Waals surface area contributed by atoms with E-state index in [1.165, 1.54) is 0 Å². The van der Waals surface area contributed by atoms with Gasteiger partial charge in [-0.1, -0.05) is 6.07 Å². The summed E-state index contributed by atoms with van der Waals surface area (Å²) in [7, 11) is -3.50. The average molecular weight is 307 g/mol. The highest BCUT2D eigenvalue weighted by Gasteiger charge is 2.12. The Hall–Kier alpha value is -0.590. The van der Waals surface area contributed by atoms with Crippen LogP contribution in [0.3, 0.4) is 0 Å². The van der Waals surface area contributed by atoms with E-state index in [-0.39, 0.29) is 6.04 Å². The zero-order valence-electron chi connectivity index (χ0n) is 9.41. The van der Waals surface area contributed by atoms with Crippen LogP contribution in [0, 0.1) is 6.92 Å². The largest absolute Gasteiger partial charge is 0.299 e. The van der Waals surface area contributed by atoms with Crippen LogP contribution >= 0.6 is 15.9 Å². The predicted molar refractivity (Wildman–Crippen MR) is 69.7 cm³/mol. The quantitative estimate of drug-likeness (QED) is 0.897. The number of hydrogen-bond donors (Lipinski definition) is 2. The van der Waals surface area contributed by atoms with Crippen molar-refractivity contribution in [3.05, 3.63) is 28.2 Å². The Bertz CT molecular complexity index is 472. The number of hydrogen-bond acceptors (Lipinski definition) is 2. The molecule has 0 spiro atoms. The molecule has 0 aliphatic rings. The standard InChI is InChI=1S/C10H15BrN2O2S/c1-7(2)12-16(14,15)13-10-6-8(3)4-5-9(10)11/h4-7,12-13H,1-3H3. The topological polar surface area (TPSA) is 58.2 Å². The van der Waals surface area contributed by atoms with Crippen molar-refractivity contribution >= 4 is 31.8 Å². The van der Waals surface area contributed by atoms with Gasteiger partial charge in [0.15, 0.2) is 0 Å². The molecule has 2 N–H and O–H groups in total. The van der Waals surface area contributed by atoms with Gasteiger partial charge in [0.25, 0.3) is 10.2 Å². The third kappa shape index (κ3) is 4.11. The van der Waals surface area contributed by atoms with Crippen LogP contribution in [0.2, 0.25) is 0 Å². The molecule has 0 radical (unpaired) electrons. The maximum absolute atomic E-state index is 11.6. The lowest BCUT2D eigenvalue weighted by Crippen LogP contribution is -2.35. The molecule has 0 amide bonds. The molecule has 16 heavy (non-hydrogen) atoms. The van der Waals surface area contributed by atoms with Crippen LogP contribution in [0.25, 0.3) is 0 Å². The molecule has 0 saturated heterocycles. The Labute approximate surface area is 105 Å². The lowest BCUT2D eigenvalue weighted by Gasteiger charge is -2.13. The van der Waals surface area contributed by atoms with Crippen molar-refractivity contribution in [2.45, 2.75) is 26.8 Å². The van der Waals surface area contributed by atoms with Gasteiger partial charge in [-0.3, -0.25) is 4.72 Å². The lowest BCUT2D eigenvalue weighted by atomic mass is 10.2. The first kappa shape index (κ1) is 13.5. The molecule has 0 aromatic heterocycles. The van der Waals surface area contributed by atoms with E-state index in [9.17, 15) is 8.42 Å². The van der Waals surface area contributed by atoms with Gasteiger partial charge in [0, 0.05) is 10.5 Å². The molecule has 1 aromatic rings. The van der Waals surface area contributed by atoms with Crippen molar-refractivity contribution in [3.63, 3.8) is 0 Å². The van der Waals surface area contributed by atoms with Gasteiger partial charge in [-0.25, -0.2) is 0 Å². The van der Waals surface area contributed by atoms with Crippen LogP contribution in [0.15, 0.2) is 22.7 Å². The van der Waals surface area contributed by atoms with Crippen molar-refractivity contribution < 1.29 is 8.42 Å². The van der Waals surface area contributed by atoms with E-state index < -0.39 is 10.2 Å². The van der Waals surface area contributed by atoms with Crippen molar-refractivity contribution in [3.8, 4) is 0 Å². The summed E-state index contributed by atoms with van der Waals surface area (Å²) in [6, 6.07) is 5.34. The van der Waals surface area contributed by atoms with Crippen LogP contribution < -0.4 is 9.44 Å². The number of nitrogens with one attached hydrogen (secondary N) is 2. The summed E-state index contributed by atoms with van der Waals surface area (Å²) in [4.78, 5) is 0. The average Bonchev–Trinajstić information content (AvgIpc) is 2.08. The number of halogens is 1. The first-order valence-corrected chi connectivity index (χ1v) is 7.14. The molecule has 6 heteroatoms.